The molecule has 148 valence electrons. The average molecular weight is 391 g/mol. The van der Waals surface area contributed by atoms with Gasteiger partial charge in [0.25, 0.3) is 11.6 Å². The van der Waals surface area contributed by atoms with E-state index in [0.29, 0.717) is 37.6 Å². The van der Waals surface area contributed by atoms with E-state index in [1.165, 1.54) is 12.1 Å². The van der Waals surface area contributed by atoms with Crippen LogP contribution in [0, 0.1) is 21.7 Å². The summed E-state index contributed by atoms with van der Waals surface area (Å²) >= 11 is 0. The normalized spacial score (nSPS) is 16.0. The van der Waals surface area contributed by atoms with Gasteiger partial charge in [-0.25, -0.2) is 13.8 Å². The summed E-state index contributed by atoms with van der Waals surface area (Å²) in [7, 11) is 0. The molecule has 1 saturated heterocycles. The van der Waals surface area contributed by atoms with Gasteiger partial charge in [0.15, 0.2) is 0 Å². The lowest BCUT2D eigenvalue weighted by molar-refractivity contribution is -0.385. The van der Waals surface area contributed by atoms with E-state index in [-0.39, 0.29) is 17.3 Å². The maximum Gasteiger partial charge on any atom is 0.288 e. The van der Waals surface area contributed by atoms with Gasteiger partial charge < -0.3 is 10.6 Å². The first kappa shape index (κ1) is 19.6. The zero-order valence-corrected chi connectivity index (χ0v) is 15.1. The molecule has 1 aliphatic heterocycles. The van der Waals surface area contributed by atoms with Crippen molar-refractivity contribution in [3.63, 3.8) is 0 Å². The Kier molecular flexibility index (Phi) is 5.50. The van der Waals surface area contributed by atoms with Crippen LogP contribution in [0.1, 0.15) is 28.9 Å². The van der Waals surface area contributed by atoms with Crippen molar-refractivity contribution in [3.05, 3.63) is 63.3 Å². The number of carbonyl (C=O) groups excluding carboxylic acids is 1. The highest BCUT2D eigenvalue weighted by Gasteiger charge is 2.27. The number of nitrogens with two attached hydrogens (primary N) is 1. The van der Waals surface area contributed by atoms with Crippen molar-refractivity contribution in [2.75, 3.05) is 31.1 Å². The molecule has 0 spiro atoms. The molecule has 8 nitrogen and oxygen atoms in total. The standard InChI is InChI=1S/C18H19F2N5O3/c1-11(14-3-2-12(19)8-16(14)20)23-4-6-24(7-5-23)18-15(17(21)26)9-13(10-22-18)25(27)28/h2-3,8-11H,4-7H2,1H3,(H2,21,26). The quantitative estimate of drug-likeness (QED) is 0.619. The number of carbonyl (C=O) groups is 1. The Labute approximate surface area is 159 Å². The van der Waals surface area contributed by atoms with Crippen molar-refractivity contribution in [2.45, 2.75) is 13.0 Å². The largest absolute Gasteiger partial charge is 0.365 e. The predicted molar refractivity (Wildman–Crippen MR) is 98.0 cm³/mol. The smallest absolute Gasteiger partial charge is 0.288 e. The molecular weight excluding hydrogens is 372 g/mol. The van der Waals surface area contributed by atoms with Gasteiger partial charge in [0.2, 0.25) is 0 Å². The third kappa shape index (κ3) is 3.91. The van der Waals surface area contributed by atoms with E-state index in [1.807, 2.05) is 16.7 Å². The highest BCUT2D eigenvalue weighted by molar-refractivity contribution is 5.98. The molecule has 3 rings (SSSR count). The minimum Gasteiger partial charge on any atom is -0.365 e. The van der Waals surface area contributed by atoms with Crippen LogP contribution < -0.4 is 10.6 Å². The van der Waals surface area contributed by atoms with Gasteiger partial charge in [-0.3, -0.25) is 19.8 Å². The van der Waals surface area contributed by atoms with Crippen LogP contribution in [-0.4, -0.2) is 46.9 Å². The van der Waals surface area contributed by atoms with Crippen molar-refractivity contribution in [1.29, 1.82) is 0 Å². The van der Waals surface area contributed by atoms with Crippen LogP contribution in [0.5, 0.6) is 0 Å². The van der Waals surface area contributed by atoms with Gasteiger partial charge >= 0.3 is 0 Å². The van der Waals surface area contributed by atoms with Gasteiger partial charge in [0.05, 0.1) is 10.5 Å². The number of hydrogen-bond donors (Lipinski definition) is 1. The fraction of sp³-hybridized carbons (Fsp3) is 0.333. The average Bonchev–Trinajstić information content (AvgIpc) is 2.67. The van der Waals surface area contributed by atoms with Crippen LogP contribution in [-0.2, 0) is 0 Å². The molecule has 2 aromatic rings. The topological polar surface area (TPSA) is 106 Å². The molecule has 1 unspecified atom stereocenters. The van der Waals surface area contributed by atoms with Gasteiger partial charge in [-0.1, -0.05) is 6.07 Å². The summed E-state index contributed by atoms with van der Waals surface area (Å²) in [5.41, 5.74) is 5.44. The summed E-state index contributed by atoms with van der Waals surface area (Å²) in [6, 6.07) is 4.38. The van der Waals surface area contributed by atoms with Crippen LogP contribution in [0.4, 0.5) is 20.3 Å². The number of nitro groups is 1. The fourth-order valence-electron chi connectivity index (χ4n) is 3.34. The third-order valence-corrected chi connectivity index (χ3v) is 4.90. The second-order valence-electron chi connectivity index (χ2n) is 6.55. The van der Waals surface area contributed by atoms with E-state index >= 15 is 0 Å². The second kappa shape index (κ2) is 7.85. The van der Waals surface area contributed by atoms with Crippen LogP contribution in [0.2, 0.25) is 0 Å². The minimum absolute atomic E-state index is 0.0136. The first-order chi connectivity index (χ1) is 13.3. The van der Waals surface area contributed by atoms with E-state index in [2.05, 4.69) is 4.98 Å². The number of anilines is 1. The van der Waals surface area contributed by atoms with Gasteiger partial charge in [-0.05, 0) is 13.0 Å². The van der Waals surface area contributed by atoms with Crippen molar-refractivity contribution in [1.82, 2.24) is 9.88 Å². The number of rotatable bonds is 5. The Balaban J connectivity index is 1.75. The van der Waals surface area contributed by atoms with E-state index in [4.69, 9.17) is 5.73 Å². The Bertz CT molecular complexity index is 916. The number of amides is 1. The van der Waals surface area contributed by atoms with E-state index in [0.717, 1.165) is 18.3 Å². The molecule has 2 N–H and O–H groups in total. The highest BCUT2D eigenvalue weighted by Crippen LogP contribution is 2.27. The van der Waals surface area contributed by atoms with Gasteiger partial charge in [-0.15, -0.1) is 0 Å². The zero-order valence-electron chi connectivity index (χ0n) is 15.1. The number of aromatic nitrogens is 1. The lowest BCUT2D eigenvalue weighted by Crippen LogP contribution is -2.48. The predicted octanol–water partition coefficient (Wildman–Crippen LogP) is 2.25. The van der Waals surface area contributed by atoms with Crippen LogP contribution in [0.15, 0.2) is 30.5 Å². The number of piperazine rings is 1. The molecular formula is C18H19F2N5O3. The monoisotopic (exact) mass is 391 g/mol. The number of benzene rings is 1. The summed E-state index contributed by atoms with van der Waals surface area (Å²) < 4.78 is 27.2. The maximum absolute atomic E-state index is 14.0. The summed E-state index contributed by atoms with van der Waals surface area (Å²) in [6.45, 7) is 3.85. The molecule has 0 saturated carbocycles. The van der Waals surface area contributed by atoms with Crippen molar-refractivity contribution in [2.24, 2.45) is 5.73 Å². The second-order valence-corrected chi connectivity index (χ2v) is 6.55. The van der Waals surface area contributed by atoms with Crippen molar-refractivity contribution < 1.29 is 18.5 Å². The summed E-state index contributed by atoms with van der Waals surface area (Å²) in [4.78, 5) is 29.9. The van der Waals surface area contributed by atoms with E-state index in [9.17, 15) is 23.7 Å². The zero-order chi connectivity index (χ0) is 20.4. The lowest BCUT2D eigenvalue weighted by Gasteiger charge is -2.39. The third-order valence-electron chi connectivity index (χ3n) is 4.90. The number of primary amides is 1. The van der Waals surface area contributed by atoms with Crippen molar-refractivity contribution in [3.8, 4) is 0 Å². The van der Waals surface area contributed by atoms with E-state index < -0.39 is 22.5 Å². The Morgan fingerprint density at radius 3 is 2.50 bits per heavy atom. The Morgan fingerprint density at radius 2 is 1.93 bits per heavy atom. The molecule has 1 fully saturated rings. The first-order valence-electron chi connectivity index (χ1n) is 8.66. The Hall–Kier alpha value is -3.14. The molecule has 1 aromatic carbocycles. The first-order valence-corrected chi connectivity index (χ1v) is 8.66. The molecule has 2 heterocycles. The molecule has 0 aliphatic carbocycles. The number of nitrogens with zero attached hydrogens (tertiary/aromatic N) is 4. The summed E-state index contributed by atoms with van der Waals surface area (Å²) in [5.74, 6) is -1.72. The molecule has 1 atom stereocenters. The number of hydrogen-bond acceptors (Lipinski definition) is 6. The molecule has 10 heteroatoms. The molecule has 28 heavy (non-hydrogen) atoms. The summed E-state index contributed by atoms with van der Waals surface area (Å²) in [5, 5.41) is 10.9. The molecule has 1 aliphatic rings. The molecule has 1 amide bonds. The maximum atomic E-state index is 14.0. The van der Waals surface area contributed by atoms with Gasteiger partial charge in [0.1, 0.15) is 23.6 Å². The summed E-state index contributed by atoms with van der Waals surface area (Å²) in [6.07, 6.45) is 1.09. The molecule has 1 aromatic heterocycles. The molecule has 0 radical (unpaired) electrons. The number of pyridine rings is 1. The lowest BCUT2D eigenvalue weighted by atomic mass is 10.0. The van der Waals surface area contributed by atoms with E-state index in [1.54, 1.807) is 0 Å². The number of halogens is 2. The highest BCUT2D eigenvalue weighted by atomic mass is 19.1. The Morgan fingerprint density at radius 1 is 1.25 bits per heavy atom. The minimum atomic E-state index is -0.796. The SMILES string of the molecule is CC(c1ccc(F)cc1F)N1CCN(c2ncc([N+](=O)[O-])cc2C(N)=O)CC1. The van der Waals surface area contributed by atoms with Gasteiger partial charge in [-0.2, -0.15) is 0 Å². The van der Waals surface area contributed by atoms with Gasteiger partial charge in [0, 0.05) is 49.9 Å². The molecule has 0 bridgehead atoms. The van der Waals surface area contributed by atoms with Crippen molar-refractivity contribution >= 4 is 17.4 Å². The fourth-order valence-corrected chi connectivity index (χ4v) is 3.34. The van der Waals surface area contributed by atoms with Crippen LogP contribution in [0.3, 0.4) is 0 Å². The van der Waals surface area contributed by atoms with Crippen LogP contribution >= 0.6 is 0 Å². The van der Waals surface area contributed by atoms with Crippen LogP contribution in [0.25, 0.3) is 0 Å².